The predicted molar refractivity (Wildman–Crippen MR) is 67.0 cm³/mol. The normalized spacial score (nSPS) is 14.5. The van der Waals surface area contributed by atoms with Crippen LogP contribution in [0.25, 0.3) is 10.6 Å². The molecule has 16 heavy (non-hydrogen) atoms. The second-order valence-electron chi connectivity index (χ2n) is 3.44. The maximum atomic E-state index is 4.31. The van der Waals surface area contributed by atoms with Gasteiger partial charge in [0.1, 0.15) is 0 Å². The van der Waals surface area contributed by atoms with Crippen molar-refractivity contribution in [1.82, 2.24) is 0 Å². The molecule has 0 bridgehead atoms. The summed E-state index contributed by atoms with van der Waals surface area (Å²) in [4.78, 5) is 2.38. The number of piperazine rings is 1. The third-order valence-electron chi connectivity index (χ3n) is 2.18. The van der Waals surface area contributed by atoms with Crippen LogP contribution in [0.2, 0.25) is 0 Å². The molecule has 0 spiro atoms. The van der Waals surface area contributed by atoms with Gasteiger partial charge in [-0.15, -0.1) is 13.1 Å². The minimum Gasteiger partial charge on any atom is -0.668 e. The molecule has 0 aliphatic carbocycles. The Morgan fingerprint density at radius 1 is 1.06 bits per heavy atom. The smallest absolute Gasteiger partial charge is 0.0365 e. The van der Waals surface area contributed by atoms with Gasteiger partial charge in [0.15, 0.2) is 0 Å². The summed E-state index contributed by atoms with van der Waals surface area (Å²) in [7, 11) is 3.50. The number of para-hydroxylation sites is 1. The maximum Gasteiger partial charge on any atom is 0.0365 e. The van der Waals surface area contributed by atoms with Gasteiger partial charge in [-0.1, -0.05) is 18.2 Å². The largest absolute Gasteiger partial charge is 0.668 e. The summed E-state index contributed by atoms with van der Waals surface area (Å²) in [6.07, 6.45) is 0. The van der Waals surface area contributed by atoms with E-state index in [9.17, 15) is 0 Å². The van der Waals surface area contributed by atoms with E-state index in [4.69, 9.17) is 0 Å². The number of rotatable bonds is 1. The van der Waals surface area contributed by atoms with Crippen LogP contribution in [-0.4, -0.2) is 40.3 Å². The molecule has 0 amide bonds. The van der Waals surface area contributed by atoms with Gasteiger partial charge in [-0.05, 0) is 25.2 Å². The van der Waals surface area contributed by atoms with Crippen molar-refractivity contribution >= 4 is 5.69 Å². The molecule has 0 saturated carbocycles. The Balaban J connectivity index is 0.000000511. The van der Waals surface area contributed by atoms with Crippen molar-refractivity contribution in [2.24, 2.45) is 0 Å². The van der Waals surface area contributed by atoms with E-state index < -0.39 is 0 Å². The average Bonchev–Trinajstić information content (AvgIpc) is 2.32. The van der Waals surface area contributed by atoms with Crippen LogP contribution in [0.5, 0.6) is 0 Å². The van der Waals surface area contributed by atoms with Gasteiger partial charge in [0.2, 0.25) is 0 Å². The molecule has 4 heteroatoms. The molecule has 2 rings (SSSR count). The predicted octanol–water partition coefficient (Wildman–Crippen LogP) is 2.50. The van der Waals surface area contributed by atoms with Crippen LogP contribution in [-0.2, 0) is 0 Å². The molecule has 1 aliphatic rings. The summed E-state index contributed by atoms with van der Waals surface area (Å²) >= 11 is 0. The zero-order chi connectivity index (χ0) is 10.9. The molecule has 0 unspecified atom stereocenters. The van der Waals surface area contributed by atoms with E-state index in [1.807, 2.05) is 0 Å². The molecule has 0 N–H and O–H groups in total. The SMILES string of the molecule is C[N-]C.[Sm].c1ccc(N2CC[N-]CC2)cc1. The Hall–Kier alpha value is 0.278. The molecule has 90 valence electrons. The van der Waals surface area contributed by atoms with Crippen LogP contribution in [0.3, 0.4) is 0 Å². The average molecular weight is 356 g/mol. The van der Waals surface area contributed by atoms with E-state index in [-0.39, 0.29) is 40.4 Å². The van der Waals surface area contributed by atoms with Crippen LogP contribution in [0.1, 0.15) is 0 Å². The van der Waals surface area contributed by atoms with E-state index in [2.05, 4.69) is 45.9 Å². The molecule has 1 aromatic carbocycles. The van der Waals surface area contributed by atoms with Crippen LogP contribution in [0, 0.1) is 40.4 Å². The fourth-order valence-electron chi connectivity index (χ4n) is 1.50. The monoisotopic (exact) mass is 357 g/mol. The topological polar surface area (TPSA) is 31.4 Å². The molecule has 1 aliphatic heterocycles. The van der Waals surface area contributed by atoms with Gasteiger partial charge in [-0.25, -0.2) is 0 Å². The first-order chi connectivity index (χ1) is 7.38. The first-order valence-electron chi connectivity index (χ1n) is 5.29. The van der Waals surface area contributed by atoms with Crippen molar-refractivity contribution in [1.29, 1.82) is 0 Å². The van der Waals surface area contributed by atoms with Crippen LogP contribution >= 0.6 is 0 Å². The van der Waals surface area contributed by atoms with Crippen molar-refractivity contribution in [3.05, 3.63) is 41.0 Å². The van der Waals surface area contributed by atoms with Gasteiger partial charge in [0.05, 0.1) is 0 Å². The maximum absolute atomic E-state index is 4.31. The van der Waals surface area contributed by atoms with Crippen LogP contribution < -0.4 is 4.90 Å². The quantitative estimate of drug-likeness (QED) is 0.761. The Bertz CT molecular complexity index is 248. The number of hydrogen-bond donors (Lipinski definition) is 0. The van der Waals surface area contributed by atoms with Gasteiger partial charge in [0.25, 0.3) is 0 Å². The first-order valence-corrected chi connectivity index (χ1v) is 5.29. The molecular weight excluding hydrogens is 337 g/mol. The van der Waals surface area contributed by atoms with E-state index in [0.717, 1.165) is 26.2 Å². The van der Waals surface area contributed by atoms with Gasteiger partial charge in [-0.2, -0.15) is 14.1 Å². The first kappa shape index (κ1) is 16.3. The molecule has 0 atom stereocenters. The van der Waals surface area contributed by atoms with Crippen molar-refractivity contribution < 1.29 is 40.4 Å². The van der Waals surface area contributed by atoms with Crippen LogP contribution in [0.15, 0.2) is 30.3 Å². The van der Waals surface area contributed by atoms with Gasteiger partial charge < -0.3 is 15.5 Å². The molecule has 1 fully saturated rings. The minimum atomic E-state index is 0. The molecular formula is C12H19N3Sm-2. The minimum absolute atomic E-state index is 0. The number of anilines is 1. The van der Waals surface area contributed by atoms with E-state index in [1.54, 1.807) is 14.1 Å². The van der Waals surface area contributed by atoms with E-state index >= 15 is 0 Å². The van der Waals surface area contributed by atoms with Crippen LogP contribution in [0.4, 0.5) is 5.69 Å². The Labute approximate surface area is 131 Å². The van der Waals surface area contributed by atoms with Crippen molar-refractivity contribution in [2.45, 2.75) is 0 Å². The Morgan fingerprint density at radius 3 is 2.06 bits per heavy atom. The zero-order valence-electron chi connectivity index (χ0n) is 9.97. The summed E-state index contributed by atoms with van der Waals surface area (Å²) in [6, 6.07) is 10.5. The summed E-state index contributed by atoms with van der Waals surface area (Å²) in [5, 5.41) is 7.81. The summed E-state index contributed by atoms with van der Waals surface area (Å²) < 4.78 is 0. The van der Waals surface area contributed by atoms with Crippen molar-refractivity contribution in [3.8, 4) is 0 Å². The third-order valence-corrected chi connectivity index (χ3v) is 2.18. The van der Waals surface area contributed by atoms with Crippen molar-refractivity contribution in [3.63, 3.8) is 0 Å². The second kappa shape index (κ2) is 10.4. The number of hydrogen-bond acceptors (Lipinski definition) is 1. The summed E-state index contributed by atoms with van der Waals surface area (Å²) in [5.74, 6) is 0. The number of nitrogens with zero attached hydrogens (tertiary/aromatic N) is 3. The third kappa shape index (κ3) is 6.12. The summed E-state index contributed by atoms with van der Waals surface area (Å²) in [6.45, 7) is 4.11. The number of benzene rings is 1. The molecule has 1 heterocycles. The molecule has 1 saturated heterocycles. The van der Waals surface area contributed by atoms with Gasteiger partial charge in [-0.3, -0.25) is 0 Å². The summed E-state index contributed by atoms with van der Waals surface area (Å²) in [5.41, 5.74) is 1.33. The Kier molecular flexibility index (Phi) is 10.6. The molecule has 0 aromatic heterocycles. The molecule has 0 radical (unpaired) electrons. The molecule has 3 nitrogen and oxygen atoms in total. The molecule has 1 aromatic rings. The van der Waals surface area contributed by atoms with Crippen molar-refractivity contribution in [2.75, 3.05) is 45.2 Å². The van der Waals surface area contributed by atoms with Gasteiger partial charge in [0, 0.05) is 46.1 Å². The van der Waals surface area contributed by atoms with Gasteiger partial charge >= 0.3 is 0 Å². The standard InChI is InChI=1S/C10H13N2.C2H6N.Sm/c1-2-4-10(5-3-1)12-8-6-11-7-9-12;1-3-2;/h1-5H,6-9H2;1-2H3;/q2*-1;. The zero-order valence-corrected chi connectivity index (χ0v) is 12.6. The fourth-order valence-corrected chi connectivity index (χ4v) is 1.50. The second-order valence-corrected chi connectivity index (χ2v) is 3.44. The van der Waals surface area contributed by atoms with E-state index in [0.29, 0.717) is 0 Å². The Morgan fingerprint density at radius 2 is 1.56 bits per heavy atom. The van der Waals surface area contributed by atoms with E-state index in [1.165, 1.54) is 5.69 Å². The fraction of sp³-hybridized carbons (Fsp3) is 0.500.